The van der Waals surface area contributed by atoms with E-state index >= 15 is 0 Å². The van der Waals surface area contributed by atoms with E-state index in [1.54, 1.807) is 37.3 Å². The van der Waals surface area contributed by atoms with E-state index in [0.29, 0.717) is 21.5 Å². The summed E-state index contributed by atoms with van der Waals surface area (Å²) in [6, 6.07) is 22.4. The third kappa shape index (κ3) is 4.57. The van der Waals surface area contributed by atoms with Gasteiger partial charge in [0.1, 0.15) is 5.75 Å². The van der Waals surface area contributed by atoms with Crippen LogP contribution in [0.5, 0.6) is 5.75 Å². The number of hydrogen-bond donors (Lipinski definition) is 1. The fraction of sp³-hybridized carbons (Fsp3) is 0.0952. The molecule has 0 aliphatic rings. The molecule has 0 saturated heterocycles. The maximum atomic E-state index is 12.3. The van der Waals surface area contributed by atoms with Crippen LogP contribution in [0.2, 0.25) is 10.0 Å². The van der Waals surface area contributed by atoms with Crippen LogP contribution in [0.15, 0.2) is 72.8 Å². The Morgan fingerprint density at radius 2 is 1.69 bits per heavy atom. The lowest BCUT2D eigenvalue weighted by Gasteiger charge is -2.16. The number of carbonyl (C=O) groups is 1. The van der Waals surface area contributed by atoms with Crippen molar-refractivity contribution in [3.63, 3.8) is 0 Å². The molecule has 3 nitrogen and oxygen atoms in total. The van der Waals surface area contributed by atoms with Gasteiger partial charge in [0.2, 0.25) is 0 Å². The lowest BCUT2D eigenvalue weighted by Crippen LogP contribution is -2.30. The molecule has 0 aromatic heterocycles. The normalized spacial score (nSPS) is 11.7. The smallest absolute Gasteiger partial charge is 0.265 e. The van der Waals surface area contributed by atoms with Gasteiger partial charge in [0.15, 0.2) is 6.10 Å². The lowest BCUT2D eigenvalue weighted by molar-refractivity contribution is -0.122. The minimum Gasteiger partial charge on any atom is -0.479 e. The fourth-order valence-corrected chi connectivity index (χ4v) is 2.88. The van der Waals surface area contributed by atoms with Crippen LogP contribution < -0.4 is 10.1 Å². The first kappa shape index (κ1) is 18.3. The highest BCUT2D eigenvalue weighted by Gasteiger charge is 2.17. The fourth-order valence-electron chi connectivity index (χ4n) is 2.46. The maximum Gasteiger partial charge on any atom is 0.265 e. The van der Waals surface area contributed by atoms with E-state index in [-0.39, 0.29) is 5.91 Å². The summed E-state index contributed by atoms with van der Waals surface area (Å²) in [7, 11) is 0. The van der Waals surface area contributed by atoms with Crippen LogP contribution in [-0.2, 0) is 4.79 Å². The van der Waals surface area contributed by atoms with Crippen molar-refractivity contribution < 1.29 is 9.53 Å². The predicted molar refractivity (Wildman–Crippen MR) is 107 cm³/mol. The summed E-state index contributed by atoms with van der Waals surface area (Å²) >= 11 is 12.3. The Balaban J connectivity index is 1.69. The summed E-state index contributed by atoms with van der Waals surface area (Å²) in [5.74, 6) is 0.176. The second-order valence-electron chi connectivity index (χ2n) is 5.77. The molecule has 0 aliphatic heterocycles. The van der Waals surface area contributed by atoms with Crippen molar-refractivity contribution in [2.75, 3.05) is 5.32 Å². The molecule has 0 aliphatic carbocycles. The van der Waals surface area contributed by atoms with Crippen LogP contribution in [0.25, 0.3) is 11.1 Å². The SMILES string of the molecule is C[C@H](Oc1ccc(-c2ccccc2)cc1Cl)C(=O)Nc1cccc(Cl)c1. The summed E-state index contributed by atoms with van der Waals surface area (Å²) in [6.07, 6.45) is -0.714. The quantitative estimate of drug-likeness (QED) is 0.578. The Morgan fingerprint density at radius 3 is 2.38 bits per heavy atom. The van der Waals surface area contributed by atoms with Crippen molar-refractivity contribution >= 4 is 34.8 Å². The summed E-state index contributed by atoms with van der Waals surface area (Å²) in [6.45, 7) is 1.67. The number of benzene rings is 3. The second kappa shape index (κ2) is 8.26. The predicted octanol–water partition coefficient (Wildman–Crippen LogP) is 6.07. The molecule has 5 heteroatoms. The Hall–Kier alpha value is -2.49. The van der Waals surface area contributed by atoms with Gasteiger partial charge >= 0.3 is 0 Å². The molecule has 0 heterocycles. The van der Waals surface area contributed by atoms with Crippen LogP contribution in [0.3, 0.4) is 0 Å². The average Bonchev–Trinajstić information content (AvgIpc) is 2.64. The van der Waals surface area contributed by atoms with Crippen molar-refractivity contribution in [2.24, 2.45) is 0 Å². The molecule has 0 bridgehead atoms. The van der Waals surface area contributed by atoms with Crippen molar-refractivity contribution in [1.82, 2.24) is 0 Å². The first-order valence-corrected chi connectivity index (χ1v) is 8.86. The summed E-state index contributed by atoms with van der Waals surface area (Å²) in [4.78, 5) is 12.3. The molecule has 1 N–H and O–H groups in total. The highest BCUT2D eigenvalue weighted by atomic mass is 35.5. The third-order valence-electron chi connectivity index (χ3n) is 3.80. The summed E-state index contributed by atoms with van der Waals surface area (Å²) in [5, 5.41) is 3.77. The van der Waals surface area contributed by atoms with Gasteiger partial charge in [-0.2, -0.15) is 0 Å². The number of carbonyl (C=O) groups excluding carboxylic acids is 1. The highest BCUT2D eigenvalue weighted by molar-refractivity contribution is 6.32. The van der Waals surface area contributed by atoms with E-state index in [2.05, 4.69) is 5.32 Å². The summed E-state index contributed by atoms with van der Waals surface area (Å²) < 4.78 is 5.72. The molecule has 0 spiro atoms. The van der Waals surface area contributed by atoms with E-state index < -0.39 is 6.10 Å². The zero-order valence-corrected chi connectivity index (χ0v) is 15.6. The van der Waals surface area contributed by atoms with Gasteiger partial charge in [-0.05, 0) is 48.4 Å². The Labute approximate surface area is 162 Å². The van der Waals surface area contributed by atoms with E-state index in [4.69, 9.17) is 27.9 Å². The zero-order valence-electron chi connectivity index (χ0n) is 14.1. The molecule has 0 unspecified atom stereocenters. The minimum atomic E-state index is -0.714. The van der Waals surface area contributed by atoms with Gasteiger partial charge in [-0.1, -0.05) is 65.7 Å². The zero-order chi connectivity index (χ0) is 18.5. The molecule has 3 aromatic carbocycles. The third-order valence-corrected chi connectivity index (χ3v) is 4.33. The molecule has 1 amide bonds. The van der Waals surface area contributed by atoms with Gasteiger partial charge in [0.05, 0.1) is 5.02 Å². The van der Waals surface area contributed by atoms with Gasteiger partial charge in [-0.25, -0.2) is 0 Å². The van der Waals surface area contributed by atoms with Crippen LogP contribution in [0.1, 0.15) is 6.92 Å². The number of hydrogen-bond acceptors (Lipinski definition) is 2. The molecule has 0 fully saturated rings. The van der Waals surface area contributed by atoms with Crippen LogP contribution in [-0.4, -0.2) is 12.0 Å². The maximum absolute atomic E-state index is 12.3. The van der Waals surface area contributed by atoms with Gasteiger partial charge in [-0.15, -0.1) is 0 Å². The lowest BCUT2D eigenvalue weighted by atomic mass is 10.1. The molecular formula is C21H17Cl2NO2. The molecular weight excluding hydrogens is 369 g/mol. The van der Waals surface area contributed by atoms with Gasteiger partial charge in [0.25, 0.3) is 5.91 Å². The van der Waals surface area contributed by atoms with Crippen molar-refractivity contribution in [3.8, 4) is 16.9 Å². The molecule has 3 aromatic rings. The van der Waals surface area contributed by atoms with E-state index in [0.717, 1.165) is 11.1 Å². The first-order chi connectivity index (χ1) is 12.5. The summed E-state index contributed by atoms with van der Waals surface area (Å²) in [5.41, 5.74) is 2.66. The Morgan fingerprint density at radius 1 is 0.923 bits per heavy atom. The largest absolute Gasteiger partial charge is 0.479 e. The Kier molecular flexibility index (Phi) is 5.82. The number of rotatable bonds is 5. The Bertz CT molecular complexity index is 913. The number of amides is 1. The first-order valence-electron chi connectivity index (χ1n) is 8.11. The van der Waals surface area contributed by atoms with Crippen molar-refractivity contribution in [3.05, 3.63) is 82.8 Å². The van der Waals surface area contributed by atoms with Crippen LogP contribution in [0.4, 0.5) is 5.69 Å². The van der Waals surface area contributed by atoms with Gasteiger partial charge in [0, 0.05) is 10.7 Å². The molecule has 26 heavy (non-hydrogen) atoms. The second-order valence-corrected chi connectivity index (χ2v) is 6.61. The van der Waals surface area contributed by atoms with Gasteiger partial charge in [-0.3, -0.25) is 4.79 Å². The molecule has 3 rings (SSSR count). The van der Waals surface area contributed by atoms with E-state index in [1.807, 2.05) is 42.5 Å². The number of ether oxygens (including phenoxy) is 1. The van der Waals surface area contributed by atoms with Crippen molar-refractivity contribution in [1.29, 1.82) is 0 Å². The van der Waals surface area contributed by atoms with Crippen molar-refractivity contribution in [2.45, 2.75) is 13.0 Å². The van der Waals surface area contributed by atoms with Gasteiger partial charge < -0.3 is 10.1 Å². The van der Waals surface area contributed by atoms with E-state index in [1.165, 1.54) is 0 Å². The number of anilines is 1. The van der Waals surface area contributed by atoms with E-state index in [9.17, 15) is 4.79 Å². The molecule has 0 radical (unpaired) electrons. The monoisotopic (exact) mass is 385 g/mol. The molecule has 132 valence electrons. The molecule has 0 saturated carbocycles. The topological polar surface area (TPSA) is 38.3 Å². The number of halogens is 2. The standard InChI is InChI=1S/C21H17Cl2NO2/c1-14(21(25)24-18-9-5-8-17(22)13-18)26-20-11-10-16(12-19(20)23)15-6-3-2-4-7-15/h2-14H,1H3,(H,24,25)/t14-/m0/s1. The number of nitrogens with one attached hydrogen (secondary N) is 1. The average molecular weight is 386 g/mol. The highest BCUT2D eigenvalue weighted by Crippen LogP contribution is 2.31. The van der Waals surface area contributed by atoms with Crippen LogP contribution >= 0.6 is 23.2 Å². The molecule has 1 atom stereocenters. The minimum absolute atomic E-state index is 0.282. The van der Waals surface area contributed by atoms with Crippen LogP contribution in [0, 0.1) is 0 Å².